The zero-order chi connectivity index (χ0) is 13.4. The molecule has 0 amide bonds. The molecule has 0 saturated heterocycles. The van der Waals surface area contributed by atoms with Gasteiger partial charge in [0.25, 0.3) is 0 Å². The molecular weight excluding hydrogens is 239 g/mol. The Hall–Kier alpha value is -2.16. The standard InChI is InChI=1S/C16H15FN2/c1-3-11-4-5-12(8-15(11)17)13-6-7-14-10-18-19(2)16(14)9-13/h4-10H,3H2,1-2H3. The van der Waals surface area contributed by atoms with Gasteiger partial charge in [-0.2, -0.15) is 5.10 Å². The Labute approximate surface area is 111 Å². The first kappa shape index (κ1) is 11.9. The minimum absolute atomic E-state index is 0.134. The van der Waals surface area contributed by atoms with Crippen LogP contribution in [0.15, 0.2) is 42.6 Å². The number of rotatable bonds is 2. The molecule has 0 radical (unpaired) electrons. The zero-order valence-corrected chi connectivity index (χ0v) is 11.0. The van der Waals surface area contributed by atoms with Gasteiger partial charge < -0.3 is 0 Å². The minimum Gasteiger partial charge on any atom is -0.268 e. The number of aromatic nitrogens is 2. The van der Waals surface area contributed by atoms with Gasteiger partial charge in [0.1, 0.15) is 5.82 Å². The van der Waals surface area contributed by atoms with E-state index in [1.807, 2.05) is 55.2 Å². The van der Waals surface area contributed by atoms with Gasteiger partial charge in [-0.15, -0.1) is 0 Å². The first-order valence-corrected chi connectivity index (χ1v) is 6.39. The first-order chi connectivity index (χ1) is 9.19. The number of aryl methyl sites for hydroxylation is 2. The zero-order valence-electron chi connectivity index (χ0n) is 11.0. The molecule has 0 unspecified atom stereocenters. The smallest absolute Gasteiger partial charge is 0.127 e. The van der Waals surface area contributed by atoms with Crippen LogP contribution in [0.25, 0.3) is 22.0 Å². The predicted octanol–water partition coefficient (Wildman–Crippen LogP) is 3.94. The van der Waals surface area contributed by atoms with E-state index in [9.17, 15) is 4.39 Å². The summed E-state index contributed by atoms with van der Waals surface area (Å²) in [5, 5.41) is 5.31. The summed E-state index contributed by atoms with van der Waals surface area (Å²) in [7, 11) is 1.91. The largest absolute Gasteiger partial charge is 0.268 e. The maximum absolute atomic E-state index is 13.9. The van der Waals surface area contributed by atoms with Gasteiger partial charge in [-0.05, 0) is 35.2 Å². The third-order valence-electron chi connectivity index (χ3n) is 3.52. The molecule has 0 spiro atoms. The molecular formula is C16H15FN2. The highest BCUT2D eigenvalue weighted by Crippen LogP contribution is 2.25. The molecule has 0 bridgehead atoms. The van der Waals surface area contributed by atoms with Gasteiger partial charge in [-0.1, -0.05) is 31.2 Å². The van der Waals surface area contributed by atoms with Crippen LogP contribution >= 0.6 is 0 Å². The van der Waals surface area contributed by atoms with Gasteiger partial charge in [0.15, 0.2) is 0 Å². The lowest BCUT2D eigenvalue weighted by atomic mass is 10.0. The van der Waals surface area contributed by atoms with E-state index < -0.39 is 0 Å². The van der Waals surface area contributed by atoms with Gasteiger partial charge in [-0.25, -0.2) is 4.39 Å². The maximum Gasteiger partial charge on any atom is 0.127 e. The van der Waals surface area contributed by atoms with Crippen molar-refractivity contribution in [3.05, 3.63) is 54.0 Å². The summed E-state index contributed by atoms with van der Waals surface area (Å²) in [6.07, 6.45) is 2.55. The van der Waals surface area contributed by atoms with E-state index in [0.29, 0.717) is 6.42 Å². The summed E-state index contributed by atoms with van der Waals surface area (Å²) in [6.45, 7) is 1.96. The summed E-state index contributed by atoms with van der Waals surface area (Å²) >= 11 is 0. The third-order valence-corrected chi connectivity index (χ3v) is 3.52. The summed E-state index contributed by atoms with van der Waals surface area (Å²) in [6, 6.07) is 11.5. The second kappa shape index (κ2) is 4.50. The summed E-state index contributed by atoms with van der Waals surface area (Å²) in [4.78, 5) is 0. The van der Waals surface area contributed by atoms with E-state index in [-0.39, 0.29) is 5.82 Å². The Kier molecular flexibility index (Phi) is 2.82. The summed E-state index contributed by atoms with van der Waals surface area (Å²) < 4.78 is 15.7. The SMILES string of the molecule is CCc1ccc(-c2ccc3cnn(C)c3c2)cc1F. The number of nitrogens with zero attached hydrogens (tertiary/aromatic N) is 2. The van der Waals surface area contributed by atoms with E-state index in [1.54, 1.807) is 6.07 Å². The normalized spacial score (nSPS) is 11.1. The number of fused-ring (bicyclic) bond motifs is 1. The molecule has 0 aliphatic rings. The number of benzene rings is 2. The van der Waals surface area contributed by atoms with Crippen molar-refractivity contribution in [2.45, 2.75) is 13.3 Å². The van der Waals surface area contributed by atoms with Crippen molar-refractivity contribution in [1.29, 1.82) is 0 Å². The van der Waals surface area contributed by atoms with E-state index in [1.165, 1.54) is 0 Å². The summed E-state index contributed by atoms with van der Waals surface area (Å²) in [5.74, 6) is -0.134. The van der Waals surface area contributed by atoms with Crippen LogP contribution in [0.3, 0.4) is 0 Å². The van der Waals surface area contributed by atoms with Crippen LogP contribution in [-0.2, 0) is 13.5 Å². The highest BCUT2D eigenvalue weighted by molar-refractivity contribution is 5.84. The van der Waals surface area contributed by atoms with E-state index in [2.05, 4.69) is 5.10 Å². The van der Waals surface area contributed by atoms with Crippen LogP contribution in [0.5, 0.6) is 0 Å². The van der Waals surface area contributed by atoms with Gasteiger partial charge in [-0.3, -0.25) is 4.68 Å². The van der Waals surface area contributed by atoms with Crippen molar-refractivity contribution in [2.75, 3.05) is 0 Å². The van der Waals surface area contributed by atoms with Crippen molar-refractivity contribution >= 4 is 10.9 Å². The molecule has 0 saturated carbocycles. The van der Waals surface area contributed by atoms with Gasteiger partial charge in [0.2, 0.25) is 0 Å². The average molecular weight is 254 g/mol. The number of hydrogen-bond acceptors (Lipinski definition) is 1. The molecule has 2 nitrogen and oxygen atoms in total. The van der Waals surface area contributed by atoms with Crippen LogP contribution in [-0.4, -0.2) is 9.78 Å². The topological polar surface area (TPSA) is 17.8 Å². The minimum atomic E-state index is -0.134. The number of hydrogen-bond donors (Lipinski definition) is 0. The van der Waals surface area contributed by atoms with Crippen molar-refractivity contribution in [3.8, 4) is 11.1 Å². The van der Waals surface area contributed by atoms with Gasteiger partial charge in [0, 0.05) is 12.4 Å². The fourth-order valence-electron chi connectivity index (χ4n) is 2.34. The monoisotopic (exact) mass is 254 g/mol. The van der Waals surface area contributed by atoms with Crippen molar-refractivity contribution in [1.82, 2.24) is 9.78 Å². The molecule has 0 aliphatic heterocycles. The molecule has 0 aliphatic carbocycles. The van der Waals surface area contributed by atoms with Crippen LogP contribution in [0.2, 0.25) is 0 Å². The Morgan fingerprint density at radius 3 is 2.58 bits per heavy atom. The van der Waals surface area contributed by atoms with E-state index in [4.69, 9.17) is 0 Å². The lowest BCUT2D eigenvalue weighted by Gasteiger charge is -2.06. The molecule has 0 atom stereocenters. The number of halogens is 1. The maximum atomic E-state index is 13.9. The first-order valence-electron chi connectivity index (χ1n) is 6.39. The van der Waals surface area contributed by atoms with Crippen LogP contribution in [0, 0.1) is 5.82 Å². The van der Waals surface area contributed by atoms with E-state index >= 15 is 0 Å². The fourth-order valence-corrected chi connectivity index (χ4v) is 2.34. The molecule has 1 aromatic heterocycles. The average Bonchev–Trinajstić information content (AvgIpc) is 2.80. The molecule has 2 aromatic carbocycles. The molecule has 1 heterocycles. The molecule has 3 rings (SSSR count). The third kappa shape index (κ3) is 2.01. The van der Waals surface area contributed by atoms with Gasteiger partial charge >= 0.3 is 0 Å². The highest BCUT2D eigenvalue weighted by Gasteiger charge is 2.06. The Morgan fingerprint density at radius 1 is 1.11 bits per heavy atom. The predicted molar refractivity (Wildman–Crippen MR) is 75.5 cm³/mol. The Morgan fingerprint density at radius 2 is 1.84 bits per heavy atom. The van der Waals surface area contributed by atoms with Gasteiger partial charge in [0.05, 0.1) is 11.7 Å². The molecule has 96 valence electrons. The second-order valence-electron chi connectivity index (χ2n) is 4.70. The Balaban J connectivity index is 2.13. The van der Waals surface area contributed by atoms with Crippen LogP contribution < -0.4 is 0 Å². The highest BCUT2D eigenvalue weighted by atomic mass is 19.1. The quantitative estimate of drug-likeness (QED) is 0.677. The molecule has 0 fully saturated rings. The Bertz CT molecular complexity index is 744. The van der Waals surface area contributed by atoms with Crippen molar-refractivity contribution < 1.29 is 4.39 Å². The van der Waals surface area contributed by atoms with Crippen molar-refractivity contribution in [3.63, 3.8) is 0 Å². The lowest BCUT2D eigenvalue weighted by Crippen LogP contribution is -1.90. The molecule has 0 N–H and O–H groups in total. The lowest BCUT2D eigenvalue weighted by molar-refractivity contribution is 0.613. The summed E-state index contributed by atoms with van der Waals surface area (Å²) in [5.41, 5.74) is 3.72. The molecule has 19 heavy (non-hydrogen) atoms. The van der Waals surface area contributed by atoms with Crippen LogP contribution in [0.1, 0.15) is 12.5 Å². The fraction of sp³-hybridized carbons (Fsp3) is 0.188. The van der Waals surface area contributed by atoms with Crippen LogP contribution in [0.4, 0.5) is 4.39 Å². The van der Waals surface area contributed by atoms with E-state index in [0.717, 1.165) is 27.6 Å². The molecule has 3 aromatic rings. The van der Waals surface area contributed by atoms with Crippen molar-refractivity contribution in [2.24, 2.45) is 7.05 Å². The second-order valence-corrected chi connectivity index (χ2v) is 4.70. The molecule has 3 heteroatoms.